The number of halogens is 4. The predicted octanol–water partition coefficient (Wildman–Crippen LogP) is 4.63. The van der Waals surface area contributed by atoms with E-state index in [1.54, 1.807) is 18.2 Å². The van der Waals surface area contributed by atoms with E-state index in [-0.39, 0.29) is 21.4 Å². The van der Waals surface area contributed by atoms with E-state index in [4.69, 9.17) is 23.2 Å². The van der Waals surface area contributed by atoms with E-state index in [0.29, 0.717) is 18.9 Å². The van der Waals surface area contributed by atoms with Gasteiger partial charge in [0.2, 0.25) is 11.8 Å². The fourth-order valence-corrected chi connectivity index (χ4v) is 2.86. The van der Waals surface area contributed by atoms with Crippen LogP contribution in [0.3, 0.4) is 0 Å². The van der Waals surface area contributed by atoms with Crippen LogP contribution in [0.25, 0.3) is 0 Å². The van der Waals surface area contributed by atoms with Gasteiger partial charge in [0.15, 0.2) is 0 Å². The number of hydrogen-bond donors (Lipinski definition) is 2. The number of hydrogen-bond acceptors (Lipinski definition) is 2. The smallest absolute Gasteiger partial charge is 0.240 e. The molecule has 1 fully saturated rings. The van der Waals surface area contributed by atoms with Gasteiger partial charge in [-0.15, -0.1) is 0 Å². The largest absolute Gasteiger partial charge is 0.323 e. The van der Waals surface area contributed by atoms with Crippen molar-refractivity contribution in [3.05, 3.63) is 58.1 Å². The summed E-state index contributed by atoms with van der Waals surface area (Å²) < 4.78 is 26.6. The first-order valence-corrected chi connectivity index (χ1v) is 8.11. The molecular formula is C17H12Cl2F2N2O2. The number of carbonyl (C=O) groups is 2. The summed E-state index contributed by atoms with van der Waals surface area (Å²) in [6.45, 7) is 0. The molecule has 2 aromatic rings. The molecule has 4 nitrogen and oxygen atoms in total. The highest BCUT2D eigenvalue weighted by Gasteiger charge is 2.56. The zero-order valence-corrected chi connectivity index (χ0v) is 14.2. The maximum absolute atomic E-state index is 13.7. The van der Waals surface area contributed by atoms with Crippen LogP contribution in [0, 0.1) is 17.0 Å². The molecule has 0 saturated heterocycles. The molecule has 0 aromatic heterocycles. The van der Waals surface area contributed by atoms with Crippen LogP contribution < -0.4 is 10.6 Å². The molecule has 8 heteroatoms. The minimum absolute atomic E-state index is 0.193. The van der Waals surface area contributed by atoms with Crippen LogP contribution >= 0.6 is 23.2 Å². The molecule has 2 N–H and O–H groups in total. The minimum atomic E-state index is -1.33. The maximum Gasteiger partial charge on any atom is 0.240 e. The molecule has 130 valence electrons. The van der Waals surface area contributed by atoms with Crippen molar-refractivity contribution in [1.82, 2.24) is 0 Å². The summed E-state index contributed by atoms with van der Waals surface area (Å²) in [4.78, 5) is 25.0. The molecule has 3 rings (SSSR count). The van der Waals surface area contributed by atoms with Crippen molar-refractivity contribution in [2.75, 3.05) is 10.6 Å². The number of amides is 2. The van der Waals surface area contributed by atoms with Gasteiger partial charge in [-0.2, -0.15) is 0 Å². The lowest BCUT2D eigenvalue weighted by atomic mass is 10.0. The Labute approximate surface area is 152 Å². The number of nitrogens with one attached hydrogen (secondary N) is 2. The number of carbonyl (C=O) groups excluding carboxylic acids is 2. The topological polar surface area (TPSA) is 58.2 Å². The first kappa shape index (κ1) is 17.6. The van der Waals surface area contributed by atoms with E-state index in [1.165, 1.54) is 0 Å². The molecule has 0 atom stereocenters. The monoisotopic (exact) mass is 384 g/mol. The summed E-state index contributed by atoms with van der Waals surface area (Å²) in [6.07, 6.45) is 0.602. The molecule has 25 heavy (non-hydrogen) atoms. The molecule has 2 amide bonds. The van der Waals surface area contributed by atoms with Crippen LogP contribution in [-0.4, -0.2) is 11.8 Å². The molecule has 0 radical (unpaired) electrons. The fourth-order valence-electron chi connectivity index (χ4n) is 2.37. The highest BCUT2D eigenvalue weighted by molar-refractivity contribution is 6.40. The summed E-state index contributed by atoms with van der Waals surface area (Å²) in [6, 6.07) is 7.49. The van der Waals surface area contributed by atoms with Crippen LogP contribution in [-0.2, 0) is 9.59 Å². The molecule has 0 spiro atoms. The molecular weight excluding hydrogens is 373 g/mol. The van der Waals surface area contributed by atoms with Crippen LogP contribution in [0.15, 0.2) is 36.4 Å². The summed E-state index contributed by atoms with van der Waals surface area (Å²) in [7, 11) is 0. The van der Waals surface area contributed by atoms with Gasteiger partial charge < -0.3 is 10.6 Å². The number of para-hydroxylation sites is 1. The van der Waals surface area contributed by atoms with Crippen molar-refractivity contribution in [1.29, 1.82) is 0 Å². The quantitative estimate of drug-likeness (QED) is 0.755. The Hall–Kier alpha value is -2.18. The normalized spacial score (nSPS) is 14.7. The highest BCUT2D eigenvalue weighted by atomic mass is 35.5. The van der Waals surface area contributed by atoms with Crippen LogP contribution in [0.4, 0.5) is 20.2 Å². The van der Waals surface area contributed by atoms with Crippen molar-refractivity contribution in [2.24, 2.45) is 5.41 Å². The van der Waals surface area contributed by atoms with Gasteiger partial charge in [0.25, 0.3) is 0 Å². The van der Waals surface area contributed by atoms with Crippen molar-refractivity contribution in [3.8, 4) is 0 Å². The molecule has 0 heterocycles. The Kier molecular flexibility index (Phi) is 4.67. The summed E-state index contributed by atoms with van der Waals surface area (Å²) in [5.41, 5.74) is -1.31. The van der Waals surface area contributed by atoms with Crippen molar-refractivity contribution in [2.45, 2.75) is 12.8 Å². The summed E-state index contributed by atoms with van der Waals surface area (Å²) in [5.74, 6) is -2.93. The van der Waals surface area contributed by atoms with Gasteiger partial charge in [-0.1, -0.05) is 29.3 Å². The Morgan fingerprint density at radius 2 is 1.56 bits per heavy atom. The second kappa shape index (κ2) is 6.61. The van der Waals surface area contributed by atoms with E-state index < -0.39 is 28.9 Å². The number of benzene rings is 2. The van der Waals surface area contributed by atoms with Gasteiger partial charge >= 0.3 is 0 Å². The van der Waals surface area contributed by atoms with Gasteiger partial charge in [-0.3, -0.25) is 9.59 Å². The van der Waals surface area contributed by atoms with Gasteiger partial charge in [0.05, 0.1) is 21.4 Å². The number of anilines is 2. The zero-order valence-electron chi connectivity index (χ0n) is 12.7. The number of rotatable bonds is 4. The van der Waals surface area contributed by atoms with E-state index in [9.17, 15) is 18.4 Å². The average molecular weight is 385 g/mol. The third kappa shape index (κ3) is 3.45. The van der Waals surface area contributed by atoms with Gasteiger partial charge in [-0.25, -0.2) is 8.78 Å². The second-order valence-electron chi connectivity index (χ2n) is 5.71. The van der Waals surface area contributed by atoms with E-state index in [0.717, 1.165) is 12.1 Å². The standard InChI is InChI=1S/C17H12Cl2F2N2O2/c18-10-2-1-3-11(19)14(10)23-16(25)17(6-7-17)15(24)22-13-5-4-9(20)8-12(13)21/h1-5,8H,6-7H2,(H,22,24)(H,23,25). The van der Waals surface area contributed by atoms with Gasteiger partial charge in [-0.05, 0) is 37.1 Å². The highest BCUT2D eigenvalue weighted by Crippen LogP contribution is 2.48. The predicted molar refractivity (Wildman–Crippen MR) is 91.7 cm³/mol. The lowest BCUT2D eigenvalue weighted by molar-refractivity contribution is -0.131. The summed E-state index contributed by atoms with van der Waals surface area (Å²) in [5, 5.41) is 5.36. The first-order valence-electron chi connectivity index (χ1n) is 7.35. The van der Waals surface area contributed by atoms with Crippen LogP contribution in [0.2, 0.25) is 10.0 Å². The van der Waals surface area contributed by atoms with E-state index in [1.807, 2.05) is 0 Å². The molecule has 0 aliphatic heterocycles. The molecule has 1 aliphatic carbocycles. The third-order valence-corrected chi connectivity index (χ3v) is 4.63. The van der Waals surface area contributed by atoms with Crippen molar-refractivity contribution < 1.29 is 18.4 Å². The molecule has 0 unspecified atom stereocenters. The third-order valence-electron chi connectivity index (χ3n) is 4.00. The van der Waals surface area contributed by atoms with E-state index in [2.05, 4.69) is 10.6 Å². The maximum atomic E-state index is 13.7. The fraction of sp³-hybridized carbons (Fsp3) is 0.176. The Bertz CT molecular complexity index is 849. The Morgan fingerprint density at radius 1 is 0.960 bits per heavy atom. The van der Waals surface area contributed by atoms with Crippen molar-refractivity contribution >= 4 is 46.4 Å². The zero-order chi connectivity index (χ0) is 18.2. The second-order valence-corrected chi connectivity index (χ2v) is 6.53. The first-order chi connectivity index (χ1) is 11.8. The summed E-state index contributed by atoms with van der Waals surface area (Å²) >= 11 is 12.0. The van der Waals surface area contributed by atoms with Crippen molar-refractivity contribution in [3.63, 3.8) is 0 Å². The van der Waals surface area contributed by atoms with Crippen LogP contribution in [0.5, 0.6) is 0 Å². The van der Waals surface area contributed by atoms with E-state index >= 15 is 0 Å². The lowest BCUT2D eigenvalue weighted by Crippen LogP contribution is -2.36. The van der Waals surface area contributed by atoms with Gasteiger partial charge in [0, 0.05) is 6.07 Å². The molecule has 1 aliphatic rings. The lowest BCUT2D eigenvalue weighted by Gasteiger charge is -2.17. The molecule has 0 bridgehead atoms. The molecule has 1 saturated carbocycles. The SMILES string of the molecule is O=C(Nc1ccc(F)cc1F)C1(C(=O)Nc2c(Cl)cccc2Cl)CC1. The Morgan fingerprint density at radius 3 is 2.12 bits per heavy atom. The van der Waals surface area contributed by atoms with Gasteiger partial charge in [0.1, 0.15) is 17.0 Å². The average Bonchev–Trinajstić information content (AvgIpc) is 3.35. The Balaban J connectivity index is 1.77. The molecule has 2 aromatic carbocycles. The minimum Gasteiger partial charge on any atom is -0.323 e. The van der Waals surface area contributed by atoms with Crippen LogP contribution in [0.1, 0.15) is 12.8 Å².